The van der Waals surface area contributed by atoms with Crippen molar-refractivity contribution in [1.82, 2.24) is 15.0 Å². The molecule has 1 amide bonds. The largest absolute Gasteiger partial charge is 0.416 e. The van der Waals surface area contributed by atoms with E-state index in [-0.39, 0.29) is 23.2 Å². The van der Waals surface area contributed by atoms with Gasteiger partial charge in [-0.25, -0.2) is 0 Å². The first-order chi connectivity index (χ1) is 13.3. The van der Waals surface area contributed by atoms with Gasteiger partial charge in [-0.2, -0.15) is 18.2 Å². The molecule has 1 aliphatic rings. The number of nitrogens with zero attached hydrogens (tertiary/aromatic N) is 3. The van der Waals surface area contributed by atoms with E-state index in [0.717, 1.165) is 12.1 Å². The molecule has 0 aliphatic carbocycles. The number of carbonyl (C=O) groups is 1. The van der Waals surface area contributed by atoms with Crippen molar-refractivity contribution in [3.8, 4) is 11.4 Å². The van der Waals surface area contributed by atoms with Crippen LogP contribution in [0.5, 0.6) is 0 Å². The van der Waals surface area contributed by atoms with Gasteiger partial charge < -0.3 is 9.42 Å². The molecule has 5 nitrogen and oxygen atoms in total. The monoisotopic (exact) mass is 407 g/mol. The van der Waals surface area contributed by atoms with Crippen LogP contribution >= 0.6 is 11.6 Å². The van der Waals surface area contributed by atoms with Crippen molar-refractivity contribution >= 4 is 17.5 Å². The van der Waals surface area contributed by atoms with Crippen LogP contribution in [0.3, 0.4) is 0 Å². The number of rotatable bonds is 3. The lowest BCUT2D eigenvalue weighted by Gasteiger charge is -2.37. The fraction of sp³-hybridized carbons (Fsp3) is 0.211. The van der Waals surface area contributed by atoms with Crippen molar-refractivity contribution < 1.29 is 22.5 Å². The molecule has 0 spiro atoms. The van der Waals surface area contributed by atoms with Crippen LogP contribution in [0.2, 0.25) is 5.02 Å². The number of hydrogen-bond donors (Lipinski definition) is 0. The summed E-state index contributed by atoms with van der Waals surface area (Å²) in [5.41, 5.74) is -0.0737. The molecule has 0 atom stereocenters. The SMILES string of the molecule is O=C(c1cccc(Cl)c1)N1CC(c2nc(-c3cccc(C(F)(F)F)c3)no2)C1. The Kier molecular flexibility index (Phi) is 4.58. The van der Waals surface area contributed by atoms with Crippen LogP contribution < -0.4 is 0 Å². The Balaban J connectivity index is 1.45. The standard InChI is InChI=1S/C19H13ClF3N3O2/c20-15-6-2-4-12(8-15)18(27)26-9-13(10-26)17-24-16(25-28-17)11-3-1-5-14(7-11)19(21,22)23/h1-8,13H,9-10H2. The zero-order valence-electron chi connectivity index (χ0n) is 14.3. The minimum absolute atomic E-state index is 0.0840. The van der Waals surface area contributed by atoms with Gasteiger partial charge in [-0.15, -0.1) is 0 Å². The minimum Gasteiger partial charge on any atom is -0.339 e. The second-order valence-corrected chi connectivity index (χ2v) is 6.89. The molecule has 0 radical (unpaired) electrons. The summed E-state index contributed by atoms with van der Waals surface area (Å²) in [6, 6.07) is 11.4. The van der Waals surface area contributed by atoms with E-state index in [1.165, 1.54) is 12.1 Å². The van der Waals surface area contributed by atoms with Gasteiger partial charge in [-0.1, -0.05) is 35.0 Å². The van der Waals surface area contributed by atoms with Crippen molar-refractivity contribution in [2.75, 3.05) is 13.1 Å². The Morgan fingerprint density at radius 2 is 1.89 bits per heavy atom. The quantitative estimate of drug-likeness (QED) is 0.634. The van der Waals surface area contributed by atoms with Gasteiger partial charge in [0.05, 0.1) is 11.5 Å². The fourth-order valence-electron chi connectivity index (χ4n) is 2.96. The summed E-state index contributed by atoms with van der Waals surface area (Å²) in [6.07, 6.45) is -4.45. The lowest BCUT2D eigenvalue weighted by molar-refractivity contribution is -0.137. The third-order valence-corrected chi connectivity index (χ3v) is 4.71. The lowest BCUT2D eigenvalue weighted by Crippen LogP contribution is -2.48. The fourth-order valence-corrected chi connectivity index (χ4v) is 3.15. The number of likely N-dealkylation sites (tertiary alicyclic amines) is 1. The first-order valence-corrected chi connectivity index (χ1v) is 8.75. The van der Waals surface area contributed by atoms with E-state index in [9.17, 15) is 18.0 Å². The molecule has 3 aromatic rings. The van der Waals surface area contributed by atoms with Gasteiger partial charge in [0.15, 0.2) is 0 Å². The van der Waals surface area contributed by atoms with Gasteiger partial charge in [-0.05, 0) is 30.3 Å². The average molecular weight is 408 g/mol. The molecule has 0 unspecified atom stereocenters. The Morgan fingerprint density at radius 1 is 1.14 bits per heavy atom. The molecule has 0 N–H and O–H groups in total. The molecule has 1 fully saturated rings. The molecule has 0 bridgehead atoms. The van der Waals surface area contributed by atoms with Gasteiger partial charge in [0, 0.05) is 29.2 Å². The first kappa shape index (κ1) is 18.5. The number of alkyl halides is 3. The van der Waals surface area contributed by atoms with E-state index in [1.807, 2.05) is 0 Å². The van der Waals surface area contributed by atoms with Crippen molar-refractivity contribution in [3.05, 3.63) is 70.6 Å². The predicted molar refractivity (Wildman–Crippen MR) is 94.8 cm³/mol. The number of halogens is 4. The summed E-state index contributed by atoms with van der Waals surface area (Å²) >= 11 is 5.91. The highest BCUT2D eigenvalue weighted by Crippen LogP contribution is 2.33. The Morgan fingerprint density at radius 3 is 2.61 bits per heavy atom. The maximum atomic E-state index is 12.9. The molecule has 1 saturated heterocycles. The highest BCUT2D eigenvalue weighted by Gasteiger charge is 2.36. The van der Waals surface area contributed by atoms with E-state index >= 15 is 0 Å². The van der Waals surface area contributed by atoms with E-state index in [2.05, 4.69) is 10.1 Å². The van der Waals surface area contributed by atoms with Crippen LogP contribution in [0.25, 0.3) is 11.4 Å². The summed E-state index contributed by atoms with van der Waals surface area (Å²) < 4.78 is 43.8. The average Bonchev–Trinajstić information content (AvgIpc) is 3.09. The van der Waals surface area contributed by atoms with Crippen LogP contribution in [-0.4, -0.2) is 34.0 Å². The molecule has 28 heavy (non-hydrogen) atoms. The predicted octanol–water partition coefficient (Wildman–Crippen LogP) is 4.65. The first-order valence-electron chi connectivity index (χ1n) is 8.37. The van der Waals surface area contributed by atoms with Gasteiger partial charge >= 0.3 is 6.18 Å². The molecule has 144 valence electrons. The van der Waals surface area contributed by atoms with E-state index < -0.39 is 11.7 Å². The number of hydrogen-bond acceptors (Lipinski definition) is 4. The molecule has 1 aliphatic heterocycles. The summed E-state index contributed by atoms with van der Waals surface area (Å²) in [4.78, 5) is 18.2. The van der Waals surface area contributed by atoms with Gasteiger partial charge in [-0.3, -0.25) is 4.79 Å². The summed E-state index contributed by atoms with van der Waals surface area (Å²) in [6.45, 7) is 0.769. The molecular formula is C19H13ClF3N3O2. The molecule has 4 rings (SSSR count). The van der Waals surface area contributed by atoms with Crippen LogP contribution in [0.15, 0.2) is 53.1 Å². The number of carbonyl (C=O) groups excluding carboxylic acids is 1. The number of aromatic nitrogens is 2. The Bertz CT molecular complexity index is 1030. The second kappa shape index (κ2) is 6.94. The second-order valence-electron chi connectivity index (χ2n) is 6.45. The molecule has 0 saturated carbocycles. The van der Waals surface area contributed by atoms with Crippen LogP contribution in [0.1, 0.15) is 27.7 Å². The lowest BCUT2D eigenvalue weighted by atomic mass is 9.98. The normalized spacial score (nSPS) is 14.8. The maximum absolute atomic E-state index is 12.9. The minimum atomic E-state index is -4.45. The summed E-state index contributed by atoms with van der Waals surface area (Å²) in [5.74, 6) is 0.0647. The zero-order valence-corrected chi connectivity index (χ0v) is 15.0. The van der Waals surface area contributed by atoms with Gasteiger partial charge in [0.1, 0.15) is 0 Å². The summed E-state index contributed by atoms with van der Waals surface area (Å²) in [5, 5.41) is 4.26. The zero-order chi connectivity index (χ0) is 19.9. The molecule has 1 aromatic heterocycles. The van der Waals surface area contributed by atoms with E-state index in [4.69, 9.17) is 16.1 Å². The van der Waals surface area contributed by atoms with Crippen molar-refractivity contribution in [2.45, 2.75) is 12.1 Å². The Labute approximate surface area is 162 Å². The van der Waals surface area contributed by atoms with Crippen molar-refractivity contribution in [1.29, 1.82) is 0 Å². The smallest absolute Gasteiger partial charge is 0.339 e. The Hall–Kier alpha value is -2.87. The third-order valence-electron chi connectivity index (χ3n) is 4.48. The van der Waals surface area contributed by atoms with Gasteiger partial charge in [0.25, 0.3) is 5.91 Å². The number of benzene rings is 2. The molecular weight excluding hydrogens is 395 g/mol. The highest BCUT2D eigenvalue weighted by molar-refractivity contribution is 6.30. The van der Waals surface area contributed by atoms with Crippen molar-refractivity contribution in [2.24, 2.45) is 0 Å². The van der Waals surface area contributed by atoms with Gasteiger partial charge in [0.2, 0.25) is 11.7 Å². The van der Waals surface area contributed by atoms with Crippen LogP contribution in [0, 0.1) is 0 Å². The summed E-state index contributed by atoms with van der Waals surface area (Å²) in [7, 11) is 0. The van der Waals surface area contributed by atoms with Crippen LogP contribution in [0.4, 0.5) is 13.2 Å². The van der Waals surface area contributed by atoms with E-state index in [0.29, 0.717) is 29.6 Å². The topological polar surface area (TPSA) is 59.2 Å². The third kappa shape index (κ3) is 3.60. The number of amides is 1. The van der Waals surface area contributed by atoms with Crippen LogP contribution in [-0.2, 0) is 6.18 Å². The molecule has 2 heterocycles. The maximum Gasteiger partial charge on any atom is 0.416 e. The molecule has 2 aromatic carbocycles. The van der Waals surface area contributed by atoms with Crippen molar-refractivity contribution in [3.63, 3.8) is 0 Å². The molecule has 9 heteroatoms. The highest BCUT2D eigenvalue weighted by atomic mass is 35.5. The van der Waals surface area contributed by atoms with E-state index in [1.54, 1.807) is 29.2 Å².